The lowest BCUT2D eigenvalue weighted by atomic mass is 10.2. The van der Waals surface area contributed by atoms with Gasteiger partial charge in [0.05, 0.1) is 23.3 Å². The summed E-state index contributed by atoms with van der Waals surface area (Å²) in [4.78, 5) is 11.0. The topological polar surface area (TPSA) is 98.5 Å². The van der Waals surface area contributed by atoms with Crippen LogP contribution in [-0.2, 0) is 20.6 Å². The number of carbonyl (C=O) groups is 1. The smallest absolute Gasteiger partial charge is 0.322 e. The van der Waals surface area contributed by atoms with Crippen LogP contribution in [-0.4, -0.2) is 41.5 Å². The number of carboxylic acid groups (broad SMARTS) is 1. The number of aliphatic carboxylic acids is 1. The first-order valence-corrected chi connectivity index (χ1v) is 8.49. The Balaban J connectivity index is 2.23. The van der Waals surface area contributed by atoms with E-state index in [0.717, 1.165) is 4.31 Å². The minimum absolute atomic E-state index is 0.150. The number of rotatable bonds is 4. The number of nitrogens with zero attached hydrogens (tertiary/aromatic N) is 2. The maximum Gasteiger partial charge on any atom is 0.322 e. The minimum atomic E-state index is -3.71. The molecule has 8 heteroatoms. The molecule has 1 aromatic carbocycles. The highest BCUT2D eigenvalue weighted by Gasteiger charge is 2.39. The van der Waals surface area contributed by atoms with Gasteiger partial charge in [0.2, 0.25) is 10.0 Å². The molecule has 1 aliphatic rings. The maximum absolute atomic E-state index is 12.3. The van der Waals surface area contributed by atoms with Crippen LogP contribution < -0.4 is 0 Å². The lowest BCUT2D eigenvalue weighted by Crippen LogP contribution is -2.42. The molecule has 0 bridgehead atoms. The van der Waals surface area contributed by atoms with Gasteiger partial charge in [0.15, 0.2) is 0 Å². The molecule has 1 heterocycles. The molecule has 0 spiro atoms. The van der Waals surface area contributed by atoms with E-state index in [9.17, 15) is 13.2 Å². The van der Waals surface area contributed by atoms with Crippen LogP contribution in [0.5, 0.6) is 0 Å². The minimum Gasteiger partial charge on any atom is -0.480 e. The van der Waals surface area contributed by atoms with Crippen molar-refractivity contribution in [3.63, 3.8) is 0 Å². The van der Waals surface area contributed by atoms with Crippen LogP contribution in [0.1, 0.15) is 11.1 Å². The van der Waals surface area contributed by atoms with Crippen molar-refractivity contribution < 1.29 is 18.3 Å². The van der Waals surface area contributed by atoms with Gasteiger partial charge in [0.25, 0.3) is 0 Å². The Kier molecular flexibility index (Phi) is 4.32. The standard InChI is InChI=1S/C12H12N2O4S2/c13-5-9-2-1-3-10(4-9)7-20(17,18)14-8-19-6-11(14)12(15)16/h1-4,11H,6-8H2,(H,15,16)/t11-/m0/s1. The molecule has 0 aliphatic carbocycles. The molecule has 0 radical (unpaired) electrons. The first-order chi connectivity index (χ1) is 9.44. The molecule has 0 aromatic heterocycles. The Bertz CT molecular complexity index is 666. The van der Waals surface area contributed by atoms with Gasteiger partial charge in [-0.1, -0.05) is 12.1 Å². The third kappa shape index (κ3) is 3.12. The fourth-order valence-electron chi connectivity index (χ4n) is 1.92. The van der Waals surface area contributed by atoms with E-state index < -0.39 is 22.0 Å². The highest BCUT2D eigenvalue weighted by atomic mass is 32.2. The summed E-state index contributed by atoms with van der Waals surface area (Å²) < 4.78 is 25.6. The largest absolute Gasteiger partial charge is 0.480 e. The van der Waals surface area contributed by atoms with E-state index in [1.807, 2.05) is 6.07 Å². The van der Waals surface area contributed by atoms with Gasteiger partial charge < -0.3 is 5.11 Å². The molecule has 0 amide bonds. The lowest BCUT2D eigenvalue weighted by molar-refractivity contribution is -0.140. The average molecular weight is 312 g/mol. The second-order valence-electron chi connectivity index (χ2n) is 4.31. The zero-order chi connectivity index (χ0) is 14.8. The molecular formula is C12H12N2O4S2. The zero-order valence-corrected chi connectivity index (χ0v) is 12.0. The van der Waals surface area contributed by atoms with Gasteiger partial charge in [-0.3, -0.25) is 4.79 Å². The van der Waals surface area contributed by atoms with Crippen molar-refractivity contribution in [2.75, 3.05) is 11.6 Å². The van der Waals surface area contributed by atoms with E-state index in [1.54, 1.807) is 18.2 Å². The van der Waals surface area contributed by atoms with E-state index in [1.165, 1.54) is 17.8 Å². The van der Waals surface area contributed by atoms with Crippen molar-refractivity contribution in [1.29, 1.82) is 5.26 Å². The van der Waals surface area contributed by atoms with Gasteiger partial charge in [0.1, 0.15) is 6.04 Å². The summed E-state index contributed by atoms with van der Waals surface area (Å²) in [7, 11) is -3.71. The number of hydrogen-bond donors (Lipinski definition) is 1. The third-order valence-corrected chi connectivity index (χ3v) is 5.86. The molecule has 106 valence electrons. The van der Waals surface area contributed by atoms with E-state index in [0.29, 0.717) is 11.1 Å². The van der Waals surface area contributed by atoms with Crippen LogP contribution in [0.2, 0.25) is 0 Å². The second-order valence-corrected chi connectivity index (χ2v) is 7.23. The van der Waals surface area contributed by atoms with E-state index in [4.69, 9.17) is 10.4 Å². The predicted molar refractivity (Wildman–Crippen MR) is 74.4 cm³/mol. The van der Waals surface area contributed by atoms with Crippen LogP contribution in [0.4, 0.5) is 0 Å². The molecule has 1 aliphatic heterocycles. The molecule has 2 rings (SSSR count). The van der Waals surface area contributed by atoms with Crippen molar-refractivity contribution in [2.24, 2.45) is 0 Å². The molecular weight excluding hydrogens is 300 g/mol. The monoisotopic (exact) mass is 312 g/mol. The van der Waals surface area contributed by atoms with Gasteiger partial charge in [-0.2, -0.15) is 9.57 Å². The summed E-state index contributed by atoms with van der Waals surface area (Å²) >= 11 is 1.28. The number of nitriles is 1. The summed E-state index contributed by atoms with van der Waals surface area (Å²) in [6.07, 6.45) is 0. The molecule has 0 unspecified atom stereocenters. The summed E-state index contributed by atoms with van der Waals surface area (Å²) in [5.74, 6) is -1.03. The SMILES string of the molecule is N#Cc1cccc(CS(=O)(=O)N2CSC[C@H]2C(=O)O)c1. The van der Waals surface area contributed by atoms with Crippen molar-refractivity contribution in [2.45, 2.75) is 11.8 Å². The highest BCUT2D eigenvalue weighted by molar-refractivity contribution is 8.00. The predicted octanol–water partition coefficient (Wildman–Crippen LogP) is 0.848. The quantitative estimate of drug-likeness (QED) is 0.885. The fourth-order valence-corrected chi connectivity index (χ4v) is 5.21. The van der Waals surface area contributed by atoms with Gasteiger partial charge in [-0.05, 0) is 17.7 Å². The first kappa shape index (κ1) is 14.8. The molecule has 1 N–H and O–H groups in total. The number of thioether (sulfide) groups is 1. The molecule has 1 fully saturated rings. The van der Waals surface area contributed by atoms with E-state index >= 15 is 0 Å². The molecule has 1 atom stereocenters. The van der Waals surface area contributed by atoms with Crippen molar-refractivity contribution in [3.8, 4) is 6.07 Å². The van der Waals surface area contributed by atoms with Crippen LogP contribution in [0.3, 0.4) is 0 Å². The number of hydrogen-bond acceptors (Lipinski definition) is 5. The van der Waals surface area contributed by atoms with Gasteiger partial charge >= 0.3 is 5.97 Å². The molecule has 1 saturated heterocycles. The fraction of sp³-hybridized carbons (Fsp3) is 0.333. The van der Waals surface area contributed by atoms with Crippen LogP contribution in [0.25, 0.3) is 0 Å². The molecule has 20 heavy (non-hydrogen) atoms. The highest BCUT2D eigenvalue weighted by Crippen LogP contribution is 2.26. The van der Waals surface area contributed by atoms with Gasteiger partial charge in [0, 0.05) is 5.75 Å². The van der Waals surface area contributed by atoms with Crippen molar-refractivity contribution >= 4 is 27.8 Å². The first-order valence-electron chi connectivity index (χ1n) is 5.73. The number of sulfonamides is 1. The van der Waals surface area contributed by atoms with Gasteiger partial charge in [-0.25, -0.2) is 8.42 Å². The molecule has 0 saturated carbocycles. The molecule has 6 nitrogen and oxygen atoms in total. The Labute approximate surface area is 121 Å². The summed E-state index contributed by atoms with van der Waals surface area (Å²) in [6, 6.07) is 7.23. The Morgan fingerprint density at radius 3 is 2.95 bits per heavy atom. The Morgan fingerprint density at radius 2 is 2.30 bits per heavy atom. The summed E-state index contributed by atoms with van der Waals surface area (Å²) in [5.41, 5.74) is 0.855. The summed E-state index contributed by atoms with van der Waals surface area (Å²) in [6.45, 7) is 0. The van der Waals surface area contributed by atoms with E-state index in [-0.39, 0.29) is 17.4 Å². The average Bonchev–Trinajstić information content (AvgIpc) is 2.88. The number of benzene rings is 1. The van der Waals surface area contributed by atoms with E-state index in [2.05, 4.69) is 0 Å². The molecule has 1 aromatic rings. The van der Waals surface area contributed by atoms with Crippen molar-refractivity contribution in [3.05, 3.63) is 35.4 Å². The maximum atomic E-state index is 12.3. The van der Waals surface area contributed by atoms with Crippen molar-refractivity contribution in [1.82, 2.24) is 4.31 Å². The third-order valence-electron chi connectivity index (χ3n) is 2.89. The lowest BCUT2D eigenvalue weighted by Gasteiger charge is -2.20. The Hall–Kier alpha value is -1.56. The summed E-state index contributed by atoms with van der Waals surface area (Å²) in [5, 5.41) is 17.8. The van der Waals surface area contributed by atoms with Crippen LogP contribution >= 0.6 is 11.8 Å². The van der Waals surface area contributed by atoms with Gasteiger partial charge in [-0.15, -0.1) is 11.8 Å². The number of carboxylic acids is 1. The van der Waals surface area contributed by atoms with Crippen LogP contribution in [0, 0.1) is 11.3 Å². The normalized spacial score (nSPS) is 19.6. The van der Waals surface area contributed by atoms with Crippen LogP contribution in [0.15, 0.2) is 24.3 Å². The Morgan fingerprint density at radius 1 is 1.55 bits per heavy atom. The second kappa shape index (κ2) is 5.83. The zero-order valence-electron chi connectivity index (χ0n) is 10.4.